The highest BCUT2D eigenvalue weighted by Crippen LogP contribution is 2.24. The maximum Gasteiger partial charge on any atom is 0.227 e. The standard InChI is InChI=1S/C23H37N3O2/c1-6-25(7-2)20(18-12-9-8-10-13-18)16-24-21(27)19-14-11-15-26(17-19)22(28)23(3,4)5/h8-10,12-13,19-20H,6-7,11,14-17H2,1-5H3,(H,24,27). The number of likely N-dealkylation sites (tertiary alicyclic amines) is 1. The van der Waals surface area contributed by atoms with E-state index in [1.54, 1.807) is 0 Å². The molecule has 2 rings (SSSR count). The van der Waals surface area contributed by atoms with Gasteiger partial charge in [-0.05, 0) is 31.5 Å². The summed E-state index contributed by atoms with van der Waals surface area (Å²) >= 11 is 0. The van der Waals surface area contributed by atoms with Gasteiger partial charge in [0.25, 0.3) is 0 Å². The number of nitrogens with one attached hydrogen (secondary N) is 1. The van der Waals surface area contributed by atoms with Crippen LogP contribution in [0.2, 0.25) is 0 Å². The van der Waals surface area contributed by atoms with Gasteiger partial charge in [0, 0.05) is 25.0 Å². The Labute approximate surface area is 170 Å². The molecule has 5 nitrogen and oxygen atoms in total. The number of benzene rings is 1. The van der Waals surface area contributed by atoms with Crippen molar-refractivity contribution in [3.8, 4) is 0 Å². The number of rotatable bonds is 7. The van der Waals surface area contributed by atoms with Crippen LogP contribution in [-0.4, -0.2) is 54.3 Å². The predicted molar refractivity (Wildman–Crippen MR) is 114 cm³/mol. The molecule has 5 heteroatoms. The summed E-state index contributed by atoms with van der Waals surface area (Å²) in [5, 5.41) is 3.18. The van der Waals surface area contributed by atoms with E-state index in [9.17, 15) is 9.59 Å². The molecule has 1 heterocycles. The maximum absolute atomic E-state index is 12.9. The van der Waals surface area contributed by atoms with Crippen LogP contribution in [0.15, 0.2) is 30.3 Å². The summed E-state index contributed by atoms with van der Waals surface area (Å²) < 4.78 is 0. The minimum atomic E-state index is -0.403. The second-order valence-corrected chi connectivity index (χ2v) is 8.73. The van der Waals surface area contributed by atoms with Gasteiger partial charge in [-0.15, -0.1) is 0 Å². The van der Waals surface area contributed by atoms with E-state index in [1.165, 1.54) is 5.56 Å². The van der Waals surface area contributed by atoms with Gasteiger partial charge >= 0.3 is 0 Å². The molecule has 0 bridgehead atoms. The highest BCUT2D eigenvalue weighted by atomic mass is 16.2. The van der Waals surface area contributed by atoms with Crippen LogP contribution in [0, 0.1) is 11.3 Å². The van der Waals surface area contributed by atoms with Crippen LogP contribution in [0.3, 0.4) is 0 Å². The zero-order chi connectivity index (χ0) is 20.7. The maximum atomic E-state index is 12.9. The third-order valence-corrected chi connectivity index (χ3v) is 5.63. The highest BCUT2D eigenvalue weighted by Gasteiger charge is 2.33. The van der Waals surface area contributed by atoms with Gasteiger partial charge in [0.2, 0.25) is 11.8 Å². The molecule has 0 aromatic heterocycles. The molecule has 1 fully saturated rings. The van der Waals surface area contributed by atoms with E-state index in [0.29, 0.717) is 13.1 Å². The summed E-state index contributed by atoms with van der Waals surface area (Å²) in [6.07, 6.45) is 1.74. The first-order valence-electron chi connectivity index (χ1n) is 10.6. The van der Waals surface area contributed by atoms with Gasteiger partial charge in [-0.2, -0.15) is 0 Å². The molecule has 1 aliphatic heterocycles. The Morgan fingerprint density at radius 3 is 2.39 bits per heavy atom. The summed E-state index contributed by atoms with van der Waals surface area (Å²) in [7, 11) is 0. The lowest BCUT2D eigenvalue weighted by Crippen LogP contribution is -2.49. The molecule has 1 aliphatic rings. The summed E-state index contributed by atoms with van der Waals surface area (Å²) in [6.45, 7) is 13.9. The monoisotopic (exact) mass is 387 g/mol. The van der Waals surface area contributed by atoms with Crippen LogP contribution in [0.4, 0.5) is 0 Å². The van der Waals surface area contributed by atoms with Gasteiger partial charge in [-0.3, -0.25) is 14.5 Å². The van der Waals surface area contributed by atoms with Crippen LogP contribution < -0.4 is 5.32 Å². The average Bonchev–Trinajstić information content (AvgIpc) is 2.70. The van der Waals surface area contributed by atoms with Gasteiger partial charge < -0.3 is 10.2 Å². The lowest BCUT2D eigenvalue weighted by molar-refractivity contribution is -0.142. The van der Waals surface area contributed by atoms with Crippen molar-refractivity contribution in [1.29, 1.82) is 0 Å². The molecule has 1 saturated heterocycles. The van der Waals surface area contributed by atoms with Crippen molar-refractivity contribution in [1.82, 2.24) is 15.1 Å². The second kappa shape index (κ2) is 10.1. The lowest BCUT2D eigenvalue weighted by atomic mass is 9.91. The molecule has 0 radical (unpaired) electrons. The molecule has 0 spiro atoms. The van der Waals surface area contributed by atoms with Crippen LogP contribution in [0.25, 0.3) is 0 Å². The molecule has 2 amide bonds. The second-order valence-electron chi connectivity index (χ2n) is 8.73. The number of hydrogen-bond acceptors (Lipinski definition) is 3. The number of likely N-dealkylation sites (N-methyl/N-ethyl adjacent to an activating group) is 1. The summed E-state index contributed by atoms with van der Waals surface area (Å²) in [4.78, 5) is 29.7. The van der Waals surface area contributed by atoms with E-state index in [0.717, 1.165) is 32.5 Å². The smallest absolute Gasteiger partial charge is 0.227 e. The van der Waals surface area contributed by atoms with E-state index >= 15 is 0 Å². The number of amides is 2. The van der Waals surface area contributed by atoms with Crippen molar-refractivity contribution in [3.05, 3.63) is 35.9 Å². The van der Waals surface area contributed by atoms with Crippen LogP contribution in [0.1, 0.15) is 59.1 Å². The summed E-state index contributed by atoms with van der Waals surface area (Å²) in [6, 6.07) is 10.5. The van der Waals surface area contributed by atoms with E-state index in [4.69, 9.17) is 0 Å². The molecule has 1 N–H and O–H groups in total. The van der Waals surface area contributed by atoms with Gasteiger partial charge in [0.1, 0.15) is 0 Å². The van der Waals surface area contributed by atoms with Crippen molar-refractivity contribution < 1.29 is 9.59 Å². The predicted octanol–water partition coefficient (Wildman–Crippen LogP) is 3.47. The van der Waals surface area contributed by atoms with Crippen molar-refractivity contribution in [2.75, 3.05) is 32.7 Å². The average molecular weight is 388 g/mol. The first-order valence-corrected chi connectivity index (χ1v) is 10.6. The Hall–Kier alpha value is -1.88. The summed E-state index contributed by atoms with van der Waals surface area (Å²) in [5.74, 6) is 0.0861. The van der Waals surface area contributed by atoms with E-state index in [2.05, 4.69) is 36.2 Å². The van der Waals surface area contributed by atoms with E-state index < -0.39 is 5.41 Å². The molecule has 0 saturated carbocycles. The molecule has 2 unspecified atom stereocenters. The number of piperidine rings is 1. The molecular weight excluding hydrogens is 350 g/mol. The molecular formula is C23H37N3O2. The molecule has 1 aromatic rings. The van der Waals surface area contributed by atoms with Crippen molar-refractivity contribution >= 4 is 11.8 Å². The zero-order valence-corrected chi connectivity index (χ0v) is 18.2. The molecule has 28 heavy (non-hydrogen) atoms. The van der Waals surface area contributed by atoms with Gasteiger partial charge in [0.15, 0.2) is 0 Å². The largest absolute Gasteiger partial charge is 0.354 e. The SMILES string of the molecule is CCN(CC)C(CNC(=O)C1CCCN(C(=O)C(C)(C)C)C1)c1ccccc1. The number of carbonyl (C=O) groups is 2. The van der Waals surface area contributed by atoms with Crippen LogP contribution in [0.5, 0.6) is 0 Å². The molecule has 156 valence electrons. The van der Waals surface area contributed by atoms with Crippen molar-refractivity contribution in [3.63, 3.8) is 0 Å². The molecule has 0 aliphatic carbocycles. The number of hydrogen-bond donors (Lipinski definition) is 1. The Bertz CT molecular complexity index is 635. The van der Waals surface area contributed by atoms with Crippen molar-refractivity contribution in [2.45, 2.75) is 53.5 Å². The minimum absolute atomic E-state index is 0.0690. The first-order chi connectivity index (χ1) is 13.3. The lowest BCUT2D eigenvalue weighted by Gasteiger charge is -2.36. The fourth-order valence-corrected chi connectivity index (χ4v) is 3.99. The van der Waals surface area contributed by atoms with E-state index in [-0.39, 0.29) is 23.8 Å². The molecule has 2 atom stereocenters. The van der Waals surface area contributed by atoms with E-state index in [1.807, 2.05) is 43.9 Å². The zero-order valence-electron chi connectivity index (χ0n) is 18.2. The summed E-state index contributed by atoms with van der Waals surface area (Å²) in [5.41, 5.74) is 0.819. The quantitative estimate of drug-likeness (QED) is 0.779. The van der Waals surface area contributed by atoms with Crippen LogP contribution in [-0.2, 0) is 9.59 Å². The van der Waals surface area contributed by atoms with Gasteiger partial charge in [0.05, 0.1) is 12.0 Å². The minimum Gasteiger partial charge on any atom is -0.354 e. The number of carbonyl (C=O) groups excluding carboxylic acids is 2. The van der Waals surface area contributed by atoms with Gasteiger partial charge in [-0.25, -0.2) is 0 Å². The Kier molecular flexibility index (Phi) is 8.05. The first kappa shape index (κ1) is 22.4. The fraction of sp³-hybridized carbons (Fsp3) is 0.652. The molecule has 1 aromatic carbocycles. The topological polar surface area (TPSA) is 52.7 Å². The Morgan fingerprint density at radius 1 is 1.18 bits per heavy atom. The van der Waals surface area contributed by atoms with Crippen molar-refractivity contribution in [2.24, 2.45) is 11.3 Å². The number of nitrogens with zero attached hydrogens (tertiary/aromatic N) is 2. The third kappa shape index (κ3) is 5.81. The Balaban J connectivity index is 2.01. The van der Waals surface area contributed by atoms with Crippen LogP contribution >= 0.6 is 0 Å². The third-order valence-electron chi connectivity index (χ3n) is 5.63. The Morgan fingerprint density at radius 2 is 1.82 bits per heavy atom. The highest BCUT2D eigenvalue weighted by molar-refractivity contribution is 5.83. The van der Waals surface area contributed by atoms with Gasteiger partial charge in [-0.1, -0.05) is 65.0 Å². The normalized spacial score (nSPS) is 18.8. The fourth-order valence-electron chi connectivity index (χ4n) is 3.99.